The number of hydrogen-bond acceptors (Lipinski definition) is 3. The molecule has 0 radical (unpaired) electrons. The summed E-state index contributed by atoms with van der Waals surface area (Å²) in [5.74, 6) is 0.549. The van der Waals surface area contributed by atoms with Crippen molar-refractivity contribution in [1.82, 2.24) is 23.1 Å². The van der Waals surface area contributed by atoms with E-state index in [0.29, 0.717) is 16.9 Å². The van der Waals surface area contributed by atoms with E-state index in [1.807, 2.05) is 59.3 Å². The van der Waals surface area contributed by atoms with Crippen LogP contribution in [0.15, 0.2) is 73.3 Å². The Morgan fingerprint density at radius 1 is 0.900 bits per heavy atom. The normalized spacial score (nSPS) is 11.6. The molecule has 2 aromatic carbocycles. The highest BCUT2D eigenvalue weighted by Crippen LogP contribution is 2.32. The fraction of sp³-hybridized carbons (Fsp3) is 0.0952. The Labute approximate surface area is 187 Å². The highest BCUT2D eigenvalue weighted by atomic mass is 79.9. The van der Waals surface area contributed by atoms with Gasteiger partial charge in [-0.1, -0.05) is 40.2 Å². The van der Waals surface area contributed by atoms with E-state index in [4.69, 9.17) is 4.98 Å². The van der Waals surface area contributed by atoms with Crippen molar-refractivity contribution < 1.29 is 0 Å². The number of aryl methyl sites for hydroxylation is 1. The predicted octanol–water partition coefficient (Wildman–Crippen LogP) is 3.87. The first kappa shape index (κ1) is 19.1. The summed E-state index contributed by atoms with van der Waals surface area (Å²) in [7, 11) is 3.10. The summed E-state index contributed by atoms with van der Waals surface area (Å²) in [6, 6.07) is 15.8. The maximum Gasteiger partial charge on any atom is 0.332 e. The smallest absolute Gasteiger partial charge is 0.279 e. The summed E-state index contributed by atoms with van der Waals surface area (Å²) in [4.78, 5) is 30.0. The van der Waals surface area contributed by atoms with Gasteiger partial charge in [-0.05, 0) is 40.2 Å². The van der Waals surface area contributed by atoms with Crippen molar-refractivity contribution in [2.75, 3.05) is 0 Å². The molecule has 9 heteroatoms. The zero-order chi connectivity index (χ0) is 21.2. The second-order valence-corrected chi connectivity index (χ2v) is 8.74. The minimum atomic E-state index is -0.408. The van der Waals surface area contributed by atoms with Gasteiger partial charge in [-0.3, -0.25) is 22.9 Å². The number of rotatable bonds is 2. The molecule has 0 bridgehead atoms. The highest BCUT2D eigenvalue weighted by molar-refractivity contribution is 9.10. The van der Waals surface area contributed by atoms with Crippen molar-refractivity contribution in [3.8, 4) is 16.9 Å². The average molecular weight is 529 g/mol. The van der Waals surface area contributed by atoms with Crippen LogP contribution in [0.3, 0.4) is 0 Å². The van der Waals surface area contributed by atoms with Crippen LogP contribution in [-0.4, -0.2) is 23.1 Å². The zero-order valence-electron chi connectivity index (χ0n) is 16.0. The summed E-state index contributed by atoms with van der Waals surface area (Å²) in [5.41, 5.74) is 2.63. The molecule has 0 saturated carbocycles. The number of para-hydroxylation sites is 1. The fourth-order valence-electron chi connectivity index (χ4n) is 3.67. The van der Waals surface area contributed by atoms with Crippen LogP contribution >= 0.6 is 31.9 Å². The molecule has 0 unspecified atom stereocenters. The van der Waals surface area contributed by atoms with Gasteiger partial charge in [0.25, 0.3) is 5.56 Å². The van der Waals surface area contributed by atoms with Gasteiger partial charge in [0.1, 0.15) is 0 Å². The van der Waals surface area contributed by atoms with E-state index >= 15 is 0 Å². The number of halogens is 2. The van der Waals surface area contributed by atoms with Gasteiger partial charge in [0.15, 0.2) is 11.2 Å². The summed E-state index contributed by atoms with van der Waals surface area (Å²) < 4.78 is 8.10. The Bertz CT molecular complexity index is 1570. The van der Waals surface area contributed by atoms with Gasteiger partial charge in [-0.15, -0.1) is 0 Å². The van der Waals surface area contributed by atoms with Gasteiger partial charge in [0.2, 0.25) is 5.78 Å². The molecule has 0 fully saturated rings. The first-order valence-corrected chi connectivity index (χ1v) is 10.7. The average Bonchev–Trinajstić information content (AvgIpc) is 3.28. The number of hydrogen-bond donors (Lipinski definition) is 0. The molecular formula is C21H15Br2N5O2. The van der Waals surface area contributed by atoms with Crippen molar-refractivity contribution in [3.63, 3.8) is 0 Å². The summed E-state index contributed by atoms with van der Waals surface area (Å²) in [6.07, 6.45) is 1.89. The van der Waals surface area contributed by atoms with Crippen LogP contribution in [-0.2, 0) is 14.1 Å². The molecule has 0 spiro atoms. The monoisotopic (exact) mass is 527 g/mol. The molecule has 0 atom stereocenters. The molecule has 7 nitrogen and oxygen atoms in total. The van der Waals surface area contributed by atoms with Crippen molar-refractivity contribution in [2.45, 2.75) is 0 Å². The second-order valence-electron chi connectivity index (χ2n) is 6.97. The molecule has 5 rings (SSSR count). The molecule has 5 aromatic rings. The van der Waals surface area contributed by atoms with Gasteiger partial charge in [0.05, 0.1) is 11.4 Å². The molecule has 0 amide bonds. The second kappa shape index (κ2) is 6.82. The van der Waals surface area contributed by atoms with Crippen LogP contribution in [0.2, 0.25) is 0 Å². The topological polar surface area (TPSA) is 66.2 Å². The third kappa shape index (κ3) is 2.65. The Hall–Kier alpha value is -2.91. The van der Waals surface area contributed by atoms with E-state index in [2.05, 4.69) is 31.9 Å². The van der Waals surface area contributed by atoms with E-state index in [0.717, 1.165) is 30.5 Å². The quantitative estimate of drug-likeness (QED) is 0.349. The van der Waals surface area contributed by atoms with Gasteiger partial charge in [0, 0.05) is 34.8 Å². The summed E-state index contributed by atoms with van der Waals surface area (Å²) in [6.45, 7) is 0. The lowest BCUT2D eigenvalue weighted by molar-refractivity contribution is 0.708. The van der Waals surface area contributed by atoms with E-state index < -0.39 is 5.69 Å². The number of aromatic nitrogens is 5. The largest absolute Gasteiger partial charge is 0.332 e. The molecule has 3 heterocycles. The van der Waals surface area contributed by atoms with Crippen LogP contribution < -0.4 is 11.2 Å². The van der Waals surface area contributed by atoms with Crippen LogP contribution in [0.25, 0.3) is 33.9 Å². The molecule has 0 saturated heterocycles. The maximum absolute atomic E-state index is 12.9. The fourth-order valence-corrected chi connectivity index (χ4v) is 4.39. The molecule has 30 heavy (non-hydrogen) atoms. The van der Waals surface area contributed by atoms with Crippen molar-refractivity contribution in [3.05, 3.63) is 84.5 Å². The molecule has 3 aromatic heterocycles. The van der Waals surface area contributed by atoms with Crippen molar-refractivity contribution in [1.29, 1.82) is 0 Å². The highest BCUT2D eigenvalue weighted by Gasteiger charge is 2.22. The van der Waals surface area contributed by atoms with E-state index in [1.54, 1.807) is 11.4 Å². The number of imidazole rings is 2. The molecule has 0 N–H and O–H groups in total. The van der Waals surface area contributed by atoms with E-state index in [-0.39, 0.29) is 5.56 Å². The van der Waals surface area contributed by atoms with E-state index in [1.165, 1.54) is 11.6 Å². The van der Waals surface area contributed by atoms with Gasteiger partial charge >= 0.3 is 5.69 Å². The molecular weight excluding hydrogens is 514 g/mol. The van der Waals surface area contributed by atoms with Crippen LogP contribution in [0.1, 0.15) is 0 Å². The van der Waals surface area contributed by atoms with E-state index in [9.17, 15) is 9.59 Å². The summed E-state index contributed by atoms with van der Waals surface area (Å²) in [5, 5.41) is 0. The lowest BCUT2D eigenvalue weighted by Gasteiger charge is -2.11. The predicted molar refractivity (Wildman–Crippen MR) is 123 cm³/mol. The maximum atomic E-state index is 12.9. The molecule has 0 aliphatic heterocycles. The molecule has 150 valence electrons. The third-order valence-corrected chi connectivity index (χ3v) is 6.40. The first-order valence-electron chi connectivity index (χ1n) is 9.09. The SMILES string of the molecule is Cn1c(=O)c2c(nc3n(-c4ccccc4Br)c(-c4ccc(Br)cc4)cn23)n(C)c1=O. The Morgan fingerprint density at radius 3 is 2.30 bits per heavy atom. The lowest BCUT2D eigenvalue weighted by atomic mass is 10.1. The molecule has 0 aliphatic rings. The number of nitrogens with zero attached hydrogens (tertiary/aromatic N) is 5. The molecule has 0 aliphatic carbocycles. The summed E-state index contributed by atoms with van der Waals surface area (Å²) >= 11 is 7.11. The zero-order valence-corrected chi connectivity index (χ0v) is 19.2. The van der Waals surface area contributed by atoms with Gasteiger partial charge in [-0.2, -0.15) is 4.98 Å². The number of fused-ring (bicyclic) bond motifs is 3. The Balaban J connectivity index is 1.99. The number of benzene rings is 2. The van der Waals surface area contributed by atoms with Crippen LogP contribution in [0.5, 0.6) is 0 Å². The Kier molecular flexibility index (Phi) is 4.33. The third-order valence-electron chi connectivity index (χ3n) is 5.20. The minimum absolute atomic E-state index is 0.348. The standard InChI is InChI=1S/C21H15Br2N5O2/c1-25-18-17(19(29)26(2)21(25)30)27-11-16(12-7-9-13(22)10-8-12)28(20(27)24-18)15-6-4-3-5-14(15)23/h3-11H,1-2H3. The van der Waals surface area contributed by atoms with Crippen molar-refractivity contribution in [2.24, 2.45) is 14.1 Å². The Morgan fingerprint density at radius 2 is 1.60 bits per heavy atom. The first-order chi connectivity index (χ1) is 14.4. The van der Waals surface area contributed by atoms with Crippen LogP contribution in [0, 0.1) is 0 Å². The van der Waals surface area contributed by atoms with Crippen molar-refractivity contribution >= 4 is 48.8 Å². The van der Waals surface area contributed by atoms with Gasteiger partial charge < -0.3 is 0 Å². The minimum Gasteiger partial charge on any atom is -0.279 e. The van der Waals surface area contributed by atoms with Gasteiger partial charge in [-0.25, -0.2) is 4.79 Å². The lowest BCUT2D eigenvalue weighted by Crippen LogP contribution is -2.37. The van der Waals surface area contributed by atoms with Crippen LogP contribution in [0.4, 0.5) is 0 Å².